The highest BCUT2D eigenvalue weighted by Gasteiger charge is 2.12. The monoisotopic (exact) mass is 278 g/mol. The Morgan fingerprint density at radius 2 is 1.95 bits per heavy atom. The molecule has 0 amide bonds. The van der Waals surface area contributed by atoms with Crippen molar-refractivity contribution in [3.8, 4) is 0 Å². The van der Waals surface area contributed by atoms with Crippen molar-refractivity contribution in [2.24, 2.45) is 0 Å². The lowest BCUT2D eigenvalue weighted by Crippen LogP contribution is -2.24. The molecule has 2 N–H and O–H groups in total. The maximum Gasteiger partial charge on any atom is 0.0431 e. The molecule has 1 rings (SSSR count). The summed E-state index contributed by atoms with van der Waals surface area (Å²) in [6.07, 6.45) is 4.28. The predicted molar refractivity (Wildman–Crippen MR) is 87.4 cm³/mol. The lowest BCUT2D eigenvalue weighted by atomic mass is 10.0. The van der Waals surface area contributed by atoms with Crippen LogP contribution in [0.15, 0.2) is 24.3 Å². The lowest BCUT2D eigenvalue weighted by Gasteiger charge is -2.25. The van der Waals surface area contributed by atoms with Gasteiger partial charge in [0.05, 0.1) is 0 Å². The van der Waals surface area contributed by atoms with Gasteiger partial charge < -0.3 is 15.3 Å². The summed E-state index contributed by atoms with van der Waals surface area (Å²) in [6.45, 7) is 6.82. The predicted octanol–water partition coefficient (Wildman–Crippen LogP) is 3.35. The van der Waals surface area contributed by atoms with Crippen molar-refractivity contribution in [1.29, 1.82) is 0 Å². The summed E-state index contributed by atoms with van der Waals surface area (Å²) in [4.78, 5) is 2.33. The highest BCUT2D eigenvalue weighted by Crippen LogP contribution is 2.25. The second-order valence-corrected chi connectivity index (χ2v) is 5.44. The van der Waals surface area contributed by atoms with Crippen LogP contribution in [-0.4, -0.2) is 31.9 Å². The summed E-state index contributed by atoms with van der Waals surface area (Å²) < 4.78 is 0. The zero-order valence-corrected chi connectivity index (χ0v) is 13.2. The van der Waals surface area contributed by atoms with E-state index < -0.39 is 0 Å². The van der Waals surface area contributed by atoms with Gasteiger partial charge in [-0.2, -0.15) is 0 Å². The number of para-hydroxylation sites is 1. The lowest BCUT2D eigenvalue weighted by molar-refractivity contribution is 0.283. The number of rotatable bonds is 10. The van der Waals surface area contributed by atoms with E-state index >= 15 is 0 Å². The van der Waals surface area contributed by atoms with E-state index in [1.54, 1.807) is 0 Å². The second kappa shape index (κ2) is 9.78. The fourth-order valence-corrected chi connectivity index (χ4v) is 2.43. The van der Waals surface area contributed by atoms with Crippen molar-refractivity contribution in [3.63, 3.8) is 0 Å². The quantitative estimate of drug-likeness (QED) is 0.644. The Balaban J connectivity index is 2.63. The van der Waals surface area contributed by atoms with Crippen LogP contribution in [0.3, 0.4) is 0 Å². The molecule has 0 aliphatic rings. The average molecular weight is 278 g/mol. The van der Waals surface area contributed by atoms with Gasteiger partial charge in [-0.25, -0.2) is 0 Å². The minimum atomic E-state index is 0.304. The molecular weight excluding hydrogens is 248 g/mol. The molecule has 1 unspecified atom stereocenters. The number of hydrogen-bond acceptors (Lipinski definition) is 3. The van der Waals surface area contributed by atoms with Crippen LogP contribution in [0.1, 0.15) is 51.1 Å². The Labute approximate surface area is 124 Å². The first kappa shape index (κ1) is 17.0. The number of nitrogens with zero attached hydrogens (tertiary/aromatic N) is 1. The van der Waals surface area contributed by atoms with Crippen LogP contribution in [-0.2, 0) is 0 Å². The fourth-order valence-electron chi connectivity index (χ4n) is 2.43. The van der Waals surface area contributed by atoms with Gasteiger partial charge in [-0.1, -0.05) is 25.1 Å². The standard InChI is InChI=1S/C17H30N2O/c1-4-12-18-15(2)16-10-6-7-11-17(16)19(3)13-8-5-9-14-20/h6-7,10-11,15,18,20H,4-5,8-9,12-14H2,1-3H3. The summed E-state index contributed by atoms with van der Waals surface area (Å²) in [5.74, 6) is 0. The van der Waals surface area contributed by atoms with Crippen LogP contribution in [0.2, 0.25) is 0 Å². The number of benzene rings is 1. The first-order chi connectivity index (χ1) is 9.70. The number of hydrogen-bond donors (Lipinski definition) is 2. The molecule has 0 bridgehead atoms. The molecule has 20 heavy (non-hydrogen) atoms. The van der Waals surface area contributed by atoms with Crippen molar-refractivity contribution in [1.82, 2.24) is 5.32 Å². The number of aliphatic hydroxyl groups is 1. The highest BCUT2D eigenvalue weighted by atomic mass is 16.2. The smallest absolute Gasteiger partial charge is 0.0431 e. The van der Waals surface area contributed by atoms with Gasteiger partial charge in [-0.3, -0.25) is 0 Å². The van der Waals surface area contributed by atoms with Gasteiger partial charge in [0.1, 0.15) is 0 Å². The molecule has 0 aliphatic carbocycles. The van der Waals surface area contributed by atoms with Crippen LogP contribution in [0, 0.1) is 0 Å². The Morgan fingerprint density at radius 3 is 2.65 bits per heavy atom. The summed E-state index contributed by atoms with van der Waals surface area (Å²) in [6, 6.07) is 9.02. The topological polar surface area (TPSA) is 35.5 Å². The third kappa shape index (κ3) is 5.51. The van der Waals surface area contributed by atoms with Crippen LogP contribution in [0.25, 0.3) is 0 Å². The van der Waals surface area contributed by atoms with Gasteiger partial charge in [-0.15, -0.1) is 0 Å². The van der Waals surface area contributed by atoms with Crippen LogP contribution < -0.4 is 10.2 Å². The highest BCUT2D eigenvalue weighted by molar-refractivity contribution is 5.54. The summed E-state index contributed by atoms with van der Waals surface area (Å²) in [7, 11) is 2.16. The van der Waals surface area contributed by atoms with E-state index in [9.17, 15) is 0 Å². The molecule has 0 fully saturated rings. The summed E-state index contributed by atoms with van der Waals surface area (Å²) >= 11 is 0. The first-order valence-electron chi connectivity index (χ1n) is 7.85. The molecule has 0 aliphatic heterocycles. The van der Waals surface area contributed by atoms with Gasteiger partial charge in [0.2, 0.25) is 0 Å². The van der Waals surface area contributed by atoms with E-state index in [0.717, 1.165) is 38.8 Å². The van der Waals surface area contributed by atoms with Gasteiger partial charge in [0, 0.05) is 31.9 Å². The van der Waals surface area contributed by atoms with Crippen LogP contribution in [0.5, 0.6) is 0 Å². The van der Waals surface area contributed by atoms with Gasteiger partial charge in [0.15, 0.2) is 0 Å². The molecule has 3 nitrogen and oxygen atoms in total. The molecular formula is C17H30N2O. The fraction of sp³-hybridized carbons (Fsp3) is 0.647. The van der Waals surface area contributed by atoms with Gasteiger partial charge >= 0.3 is 0 Å². The van der Waals surface area contributed by atoms with Crippen LogP contribution in [0.4, 0.5) is 5.69 Å². The van der Waals surface area contributed by atoms with Crippen LogP contribution >= 0.6 is 0 Å². The largest absolute Gasteiger partial charge is 0.396 e. The van der Waals surface area contributed by atoms with E-state index in [2.05, 4.69) is 55.4 Å². The Kier molecular flexibility index (Phi) is 8.31. The Morgan fingerprint density at radius 1 is 1.20 bits per heavy atom. The van der Waals surface area contributed by atoms with Crippen molar-refractivity contribution in [3.05, 3.63) is 29.8 Å². The Bertz CT molecular complexity index is 368. The second-order valence-electron chi connectivity index (χ2n) is 5.44. The van der Waals surface area contributed by atoms with Crippen molar-refractivity contribution in [2.45, 2.75) is 45.6 Å². The molecule has 1 atom stereocenters. The zero-order valence-electron chi connectivity index (χ0n) is 13.2. The molecule has 3 heteroatoms. The number of anilines is 1. The van der Waals surface area contributed by atoms with E-state index in [-0.39, 0.29) is 0 Å². The molecule has 0 saturated heterocycles. The van der Waals surface area contributed by atoms with E-state index in [1.165, 1.54) is 11.3 Å². The van der Waals surface area contributed by atoms with E-state index in [0.29, 0.717) is 12.6 Å². The van der Waals surface area contributed by atoms with Gasteiger partial charge in [-0.05, 0) is 50.8 Å². The molecule has 1 aromatic carbocycles. The summed E-state index contributed by atoms with van der Waals surface area (Å²) in [5, 5.41) is 12.4. The average Bonchev–Trinajstić information content (AvgIpc) is 2.49. The minimum Gasteiger partial charge on any atom is -0.396 e. The number of aliphatic hydroxyl groups excluding tert-OH is 1. The maximum atomic E-state index is 8.83. The SMILES string of the molecule is CCCNC(C)c1ccccc1N(C)CCCCCO. The zero-order chi connectivity index (χ0) is 14.8. The molecule has 0 heterocycles. The molecule has 0 radical (unpaired) electrons. The number of nitrogens with one attached hydrogen (secondary N) is 1. The van der Waals surface area contributed by atoms with Crippen molar-refractivity contribution >= 4 is 5.69 Å². The minimum absolute atomic E-state index is 0.304. The molecule has 0 aromatic heterocycles. The third-order valence-corrected chi connectivity index (χ3v) is 3.67. The molecule has 0 saturated carbocycles. The van der Waals surface area contributed by atoms with Gasteiger partial charge in [0.25, 0.3) is 0 Å². The maximum absolute atomic E-state index is 8.83. The third-order valence-electron chi connectivity index (χ3n) is 3.67. The Hall–Kier alpha value is -1.06. The first-order valence-corrected chi connectivity index (χ1v) is 7.85. The van der Waals surface area contributed by atoms with E-state index in [4.69, 9.17) is 5.11 Å². The van der Waals surface area contributed by atoms with E-state index in [1.807, 2.05) is 0 Å². The molecule has 114 valence electrons. The summed E-state index contributed by atoms with van der Waals surface area (Å²) in [5.41, 5.74) is 2.68. The normalized spacial score (nSPS) is 12.4. The van der Waals surface area contributed by atoms with Crippen molar-refractivity contribution in [2.75, 3.05) is 31.6 Å². The number of unbranched alkanes of at least 4 members (excludes halogenated alkanes) is 2. The molecule has 0 spiro atoms. The van der Waals surface area contributed by atoms with Crippen molar-refractivity contribution < 1.29 is 5.11 Å². The molecule has 1 aromatic rings.